The molecule has 58 valence electrons. The predicted molar refractivity (Wildman–Crippen MR) is 43.4 cm³/mol. The van der Waals surface area contributed by atoms with Gasteiger partial charge in [-0.3, -0.25) is 0 Å². The third-order valence-electron chi connectivity index (χ3n) is 2.02. The lowest BCUT2D eigenvalue weighted by Gasteiger charge is -2.29. The number of rotatable bonds is 2. The Balaban J connectivity index is 2.33. The van der Waals surface area contributed by atoms with Gasteiger partial charge >= 0.3 is 0 Å². The van der Waals surface area contributed by atoms with Gasteiger partial charge in [0.1, 0.15) is 0 Å². The Labute approximate surface area is 62.9 Å². The number of nitrogens with zero attached hydrogens (tertiary/aromatic N) is 1. The Morgan fingerprint density at radius 2 is 2.50 bits per heavy atom. The molecule has 0 saturated carbocycles. The molecule has 1 rings (SSSR count). The van der Waals surface area contributed by atoms with Crippen molar-refractivity contribution < 1.29 is 0 Å². The smallest absolute Gasteiger partial charge is 0.0260 e. The van der Waals surface area contributed by atoms with Crippen molar-refractivity contribution in [2.45, 2.75) is 32.7 Å². The molecule has 1 atom stereocenters. The molecule has 1 aliphatic heterocycles. The third kappa shape index (κ3) is 1.74. The summed E-state index contributed by atoms with van der Waals surface area (Å²) in [4.78, 5) is 0. The largest absolute Gasteiger partial charge is 0.326 e. The molecular formula is C8H16N2. The normalized spacial score (nSPS) is 22.2. The van der Waals surface area contributed by atoms with Crippen LogP contribution in [-0.2, 0) is 0 Å². The van der Waals surface area contributed by atoms with E-state index in [-0.39, 0.29) is 0 Å². The van der Waals surface area contributed by atoms with Gasteiger partial charge in [0.25, 0.3) is 0 Å². The van der Waals surface area contributed by atoms with Crippen molar-refractivity contribution in [3.05, 3.63) is 12.3 Å². The van der Waals surface area contributed by atoms with Gasteiger partial charge in [0, 0.05) is 18.8 Å². The average Bonchev–Trinajstić information content (AvgIpc) is 2.05. The van der Waals surface area contributed by atoms with E-state index in [1.807, 2.05) is 6.20 Å². The molecule has 1 N–H and O–H groups in total. The van der Waals surface area contributed by atoms with E-state index in [0.29, 0.717) is 6.04 Å². The molecule has 1 heterocycles. The van der Waals surface area contributed by atoms with Crippen molar-refractivity contribution in [1.29, 1.82) is 0 Å². The van der Waals surface area contributed by atoms with Gasteiger partial charge in [-0.05, 0) is 19.8 Å². The van der Waals surface area contributed by atoms with Crippen LogP contribution in [0.4, 0.5) is 0 Å². The molecule has 0 amide bonds. The van der Waals surface area contributed by atoms with Crippen molar-refractivity contribution in [2.75, 3.05) is 6.54 Å². The highest BCUT2D eigenvalue weighted by atomic mass is 15.5. The van der Waals surface area contributed by atoms with Gasteiger partial charge in [-0.25, -0.2) is 5.01 Å². The van der Waals surface area contributed by atoms with E-state index in [1.165, 1.54) is 12.8 Å². The summed E-state index contributed by atoms with van der Waals surface area (Å²) in [6.07, 6.45) is 6.58. The van der Waals surface area contributed by atoms with Crippen LogP contribution in [0, 0.1) is 0 Å². The van der Waals surface area contributed by atoms with Crippen LogP contribution < -0.4 is 5.43 Å². The zero-order chi connectivity index (χ0) is 7.40. The second kappa shape index (κ2) is 3.62. The van der Waals surface area contributed by atoms with E-state index >= 15 is 0 Å². The fourth-order valence-corrected chi connectivity index (χ4v) is 1.08. The fraction of sp³-hybridized carbons (Fsp3) is 0.750. The zero-order valence-corrected chi connectivity index (χ0v) is 6.80. The molecule has 0 aromatic rings. The summed E-state index contributed by atoms with van der Waals surface area (Å²) in [6, 6.07) is 0.657. The van der Waals surface area contributed by atoms with Crippen molar-refractivity contribution in [3.8, 4) is 0 Å². The molecule has 2 heteroatoms. The molecule has 2 nitrogen and oxygen atoms in total. The highest BCUT2D eigenvalue weighted by molar-refractivity contribution is 4.85. The van der Waals surface area contributed by atoms with E-state index in [9.17, 15) is 0 Å². The molecule has 0 bridgehead atoms. The third-order valence-corrected chi connectivity index (χ3v) is 2.02. The quantitative estimate of drug-likeness (QED) is 0.625. The van der Waals surface area contributed by atoms with Crippen molar-refractivity contribution in [2.24, 2.45) is 0 Å². The zero-order valence-electron chi connectivity index (χ0n) is 6.80. The van der Waals surface area contributed by atoms with Gasteiger partial charge in [0.15, 0.2) is 0 Å². The number of hydrogen-bond acceptors (Lipinski definition) is 2. The minimum atomic E-state index is 0.657. The lowest BCUT2D eigenvalue weighted by atomic mass is 10.2. The minimum Gasteiger partial charge on any atom is -0.326 e. The van der Waals surface area contributed by atoms with E-state index in [0.717, 1.165) is 6.54 Å². The van der Waals surface area contributed by atoms with Crippen molar-refractivity contribution in [3.63, 3.8) is 0 Å². The van der Waals surface area contributed by atoms with E-state index in [4.69, 9.17) is 0 Å². The highest BCUT2D eigenvalue weighted by Crippen LogP contribution is 2.04. The summed E-state index contributed by atoms with van der Waals surface area (Å²) in [6.45, 7) is 5.60. The SMILES string of the molecule is CCC(C)N1CCC=CN1. The Morgan fingerprint density at radius 1 is 1.70 bits per heavy atom. The summed E-state index contributed by atoms with van der Waals surface area (Å²) in [5.74, 6) is 0. The molecule has 10 heavy (non-hydrogen) atoms. The molecule has 0 saturated heterocycles. The van der Waals surface area contributed by atoms with Gasteiger partial charge in [0.2, 0.25) is 0 Å². The van der Waals surface area contributed by atoms with Crippen LogP contribution in [0.5, 0.6) is 0 Å². The molecular weight excluding hydrogens is 124 g/mol. The summed E-state index contributed by atoms with van der Waals surface area (Å²) >= 11 is 0. The van der Waals surface area contributed by atoms with Gasteiger partial charge < -0.3 is 5.43 Å². The maximum atomic E-state index is 3.22. The van der Waals surface area contributed by atoms with E-state index in [2.05, 4.69) is 30.4 Å². The van der Waals surface area contributed by atoms with Gasteiger partial charge in [-0.2, -0.15) is 0 Å². The van der Waals surface area contributed by atoms with Crippen LogP contribution in [0.25, 0.3) is 0 Å². The first-order valence-electron chi connectivity index (χ1n) is 4.02. The topological polar surface area (TPSA) is 15.3 Å². The average molecular weight is 140 g/mol. The minimum absolute atomic E-state index is 0.657. The molecule has 0 aromatic heterocycles. The van der Waals surface area contributed by atoms with E-state index < -0.39 is 0 Å². The molecule has 0 radical (unpaired) electrons. The molecule has 0 aliphatic carbocycles. The number of hydrazine groups is 1. The summed E-state index contributed by atoms with van der Waals surface area (Å²) < 4.78 is 0. The standard InChI is InChI=1S/C8H16N2/c1-3-8(2)10-7-5-4-6-9-10/h4,6,8-9H,3,5,7H2,1-2H3. The van der Waals surface area contributed by atoms with Gasteiger partial charge in [-0.15, -0.1) is 0 Å². The van der Waals surface area contributed by atoms with Crippen LogP contribution in [-0.4, -0.2) is 17.6 Å². The van der Waals surface area contributed by atoms with Crippen LogP contribution in [0.2, 0.25) is 0 Å². The molecule has 0 spiro atoms. The maximum absolute atomic E-state index is 3.22. The molecule has 1 aliphatic rings. The summed E-state index contributed by atoms with van der Waals surface area (Å²) in [7, 11) is 0. The summed E-state index contributed by atoms with van der Waals surface area (Å²) in [5.41, 5.74) is 3.22. The number of nitrogens with one attached hydrogen (secondary N) is 1. The monoisotopic (exact) mass is 140 g/mol. The molecule has 0 aromatic carbocycles. The predicted octanol–water partition coefficient (Wildman–Crippen LogP) is 1.51. The van der Waals surface area contributed by atoms with Gasteiger partial charge in [0.05, 0.1) is 0 Å². The molecule has 0 fully saturated rings. The number of hydrogen-bond donors (Lipinski definition) is 1. The Bertz CT molecular complexity index is 120. The fourth-order valence-electron chi connectivity index (χ4n) is 1.08. The van der Waals surface area contributed by atoms with Crippen LogP contribution in [0.15, 0.2) is 12.3 Å². The second-order valence-electron chi connectivity index (χ2n) is 2.77. The lowest BCUT2D eigenvalue weighted by molar-refractivity contribution is 0.152. The Kier molecular flexibility index (Phi) is 2.75. The van der Waals surface area contributed by atoms with Crippen LogP contribution in [0.3, 0.4) is 0 Å². The first-order valence-corrected chi connectivity index (χ1v) is 4.02. The first-order chi connectivity index (χ1) is 4.84. The Morgan fingerprint density at radius 3 is 3.00 bits per heavy atom. The van der Waals surface area contributed by atoms with E-state index in [1.54, 1.807) is 0 Å². The maximum Gasteiger partial charge on any atom is 0.0260 e. The van der Waals surface area contributed by atoms with Crippen molar-refractivity contribution in [1.82, 2.24) is 10.4 Å². The Hall–Kier alpha value is -0.500. The van der Waals surface area contributed by atoms with Crippen molar-refractivity contribution >= 4 is 0 Å². The molecule has 1 unspecified atom stereocenters. The van der Waals surface area contributed by atoms with Gasteiger partial charge in [-0.1, -0.05) is 13.0 Å². The first kappa shape index (κ1) is 7.61. The highest BCUT2D eigenvalue weighted by Gasteiger charge is 2.10. The lowest BCUT2D eigenvalue weighted by Crippen LogP contribution is -2.43. The second-order valence-corrected chi connectivity index (χ2v) is 2.77. The van der Waals surface area contributed by atoms with Crippen LogP contribution in [0.1, 0.15) is 26.7 Å². The summed E-state index contributed by atoms with van der Waals surface area (Å²) in [5, 5.41) is 2.28. The van der Waals surface area contributed by atoms with Crippen LogP contribution >= 0.6 is 0 Å².